The van der Waals surface area contributed by atoms with E-state index in [1.54, 1.807) is 0 Å². The van der Waals surface area contributed by atoms with E-state index in [1.165, 1.54) is 35.7 Å². The lowest BCUT2D eigenvalue weighted by Crippen LogP contribution is -2.04. The minimum absolute atomic E-state index is 0.0575. The fraction of sp³-hybridized carbons (Fsp3) is 0.440. The van der Waals surface area contributed by atoms with Gasteiger partial charge in [-0.15, -0.1) is 0 Å². The van der Waals surface area contributed by atoms with Crippen LogP contribution < -0.4 is 0 Å². The third-order valence-corrected chi connectivity index (χ3v) is 5.79. The van der Waals surface area contributed by atoms with Crippen molar-refractivity contribution in [3.05, 3.63) is 57.7 Å². The van der Waals surface area contributed by atoms with Crippen molar-refractivity contribution in [3.63, 3.8) is 0 Å². The lowest BCUT2D eigenvalue weighted by molar-refractivity contribution is -0.119. The van der Waals surface area contributed by atoms with Crippen molar-refractivity contribution in [1.29, 1.82) is 0 Å². The average Bonchev–Trinajstić information content (AvgIpc) is 2.72. The summed E-state index contributed by atoms with van der Waals surface area (Å²) in [5.41, 5.74) is 2.94. The van der Waals surface area contributed by atoms with Crippen LogP contribution in [0.5, 0.6) is 0 Å². The summed E-state index contributed by atoms with van der Waals surface area (Å²) in [6.45, 7) is 2.22. The summed E-state index contributed by atoms with van der Waals surface area (Å²) >= 11 is 2.29. The summed E-state index contributed by atoms with van der Waals surface area (Å²) in [5.74, 6) is 0.277. The number of hydrogen-bond acceptors (Lipinski definition) is 2. The van der Waals surface area contributed by atoms with Gasteiger partial charge in [-0.25, -0.2) is 0 Å². The zero-order chi connectivity index (χ0) is 20.2. The quantitative estimate of drug-likeness (QED) is 0.164. The maximum Gasteiger partial charge on any atom is 0.163 e. The van der Waals surface area contributed by atoms with E-state index in [1.807, 2.05) is 24.3 Å². The van der Waals surface area contributed by atoms with Crippen molar-refractivity contribution in [3.8, 4) is 11.1 Å². The van der Waals surface area contributed by atoms with Crippen molar-refractivity contribution in [2.24, 2.45) is 0 Å². The minimum Gasteiger partial charge on any atom is -0.300 e. The van der Waals surface area contributed by atoms with E-state index in [-0.39, 0.29) is 11.6 Å². The van der Waals surface area contributed by atoms with Crippen molar-refractivity contribution in [1.82, 2.24) is 0 Å². The maximum absolute atomic E-state index is 12.4. The standard InChI is InChI=1S/C25H31IO2/c1-2-3-4-5-6-7-8-9-24(27)18-19-25(28)22-12-10-20(11-13-22)21-14-16-23(26)17-15-21/h10-17H,2-9,18-19H2,1H3. The first kappa shape index (κ1) is 22.8. The number of unbranched alkanes of at least 4 members (excludes halogenated alkanes) is 6. The molecule has 0 aliphatic carbocycles. The molecule has 0 aliphatic heterocycles. The molecule has 0 bridgehead atoms. The molecule has 0 spiro atoms. The molecular formula is C25H31IO2. The fourth-order valence-electron chi connectivity index (χ4n) is 3.29. The van der Waals surface area contributed by atoms with Gasteiger partial charge in [0, 0.05) is 28.4 Å². The second-order valence-electron chi connectivity index (χ2n) is 7.42. The lowest BCUT2D eigenvalue weighted by Gasteiger charge is -2.05. The second-order valence-corrected chi connectivity index (χ2v) is 8.66. The Hall–Kier alpha value is -1.49. The number of carbonyl (C=O) groups is 2. The van der Waals surface area contributed by atoms with Crippen LogP contribution in [0.1, 0.15) is 81.5 Å². The molecule has 2 aromatic carbocycles. The summed E-state index contributed by atoms with van der Waals surface area (Å²) in [6, 6.07) is 16.0. The van der Waals surface area contributed by atoms with E-state index in [0.717, 1.165) is 24.0 Å². The number of hydrogen-bond donors (Lipinski definition) is 0. The zero-order valence-electron chi connectivity index (χ0n) is 16.9. The van der Waals surface area contributed by atoms with Gasteiger partial charge < -0.3 is 0 Å². The van der Waals surface area contributed by atoms with Crippen LogP contribution in [0.4, 0.5) is 0 Å². The number of halogens is 1. The molecule has 0 aromatic heterocycles. The summed E-state index contributed by atoms with van der Waals surface area (Å²) < 4.78 is 1.20. The molecule has 0 saturated carbocycles. The molecular weight excluding hydrogens is 459 g/mol. The molecule has 2 aromatic rings. The first-order valence-electron chi connectivity index (χ1n) is 10.5. The molecule has 0 N–H and O–H groups in total. The average molecular weight is 490 g/mol. The SMILES string of the molecule is CCCCCCCCCC(=O)CCC(=O)c1ccc(-c2ccc(I)cc2)cc1. The highest BCUT2D eigenvalue weighted by Gasteiger charge is 2.10. The van der Waals surface area contributed by atoms with E-state index < -0.39 is 0 Å². The predicted octanol–water partition coefficient (Wildman–Crippen LogP) is 7.63. The lowest BCUT2D eigenvalue weighted by atomic mass is 9.99. The van der Waals surface area contributed by atoms with Gasteiger partial charge in [0.05, 0.1) is 0 Å². The largest absolute Gasteiger partial charge is 0.300 e. The van der Waals surface area contributed by atoms with Crippen LogP contribution in [0.15, 0.2) is 48.5 Å². The van der Waals surface area contributed by atoms with Crippen LogP contribution in [-0.4, -0.2) is 11.6 Å². The third-order valence-electron chi connectivity index (χ3n) is 5.07. The second kappa shape index (κ2) is 12.9. The Labute approximate surface area is 183 Å². The fourth-order valence-corrected chi connectivity index (χ4v) is 3.65. The van der Waals surface area contributed by atoms with Crippen LogP contribution in [0.3, 0.4) is 0 Å². The van der Waals surface area contributed by atoms with Crippen molar-refractivity contribution < 1.29 is 9.59 Å². The third kappa shape index (κ3) is 8.26. The highest BCUT2D eigenvalue weighted by molar-refractivity contribution is 14.1. The highest BCUT2D eigenvalue weighted by atomic mass is 127. The van der Waals surface area contributed by atoms with Gasteiger partial charge in [0.2, 0.25) is 0 Å². The summed E-state index contributed by atoms with van der Waals surface area (Å²) in [4.78, 5) is 24.4. The molecule has 3 heteroatoms. The number of rotatable bonds is 13. The number of carbonyl (C=O) groups excluding carboxylic acids is 2. The van der Waals surface area contributed by atoms with Gasteiger partial charge in [-0.05, 0) is 52.3 Å². The van der Waals surface area contributed by atoms with Gasteiger partial charge in [0.15, 0.2) is 5.78 Å². The van der Waals surface area contributed by atoms with E-state index in [0.29, 0.717) is 24.8 Å². The maximum atomic E-state index is 12.4. The van der Waals surface area contributed by atoms with Crippen LogP contribution in [0.25, 0.3) is 11.1 Å². The van der Waals surface area contributed by atoms with E-state index >= 15 is 0 Å². The molecule has 0 amide bonds. The summed E-state index contributed by atoms with van der Waals surface area (Å²) in [5, 5.41) is 0. The van der Waals surface area contributed by atoms with Gasteiger partial charge in [0.1, 0.15) is 5.78 Å². The molecule has 0 fully saturated rings. The number of Topliss-reactive ketones (excluding diaryl/α,β-unsaturated/α-hetero) is 2. The Bertz CT molecular complexity index is 732. The van der Waals surface area contributed by atoms with Gasteiger partial charge in [-0.2, -0.15) is 0 Å². The number of ketones is 2. The molecule has 0 atom stereocenters. The molecule has 0 saturated heterocycles. The molecule has 0 radical (unpaired) electrons. The topological polar surface area (TPSA) is 34.1 Å². The Kier molecular flexibility index (Phi) is 10.5. The van der Waals surface area contributed by atoms with Crippen LogP contribution in [0.2, 0.25) is 0 Å². The van der Waals surface area contributed by atoms with Crippen LogP contribution in [-0.2, 0) is 4.79 Å². The predicted molar refractivity (Wildman–Crippen MR) is 126 cm³/mol. The van der Waals surface area contributed by atoms with Gasteiger partial charge in [0.25, 0.3) is 0 Å². The normalized spacial score (nSPS) is 10.8. The molecule has 0 heterocycles. The first-order valence-corrected chi connectivity index (χ1v) is 11.6. The zero-order valence-corrected chi connectivity index (χ0v) is 19.0. The Morgan fingerprint density at radius 2 is 1.21 bits per heavy atom. The van der Waals surface area contributed by atoms with E-state index in [9.17, 15) is 9.59 Å². The summed E-state index contributed by atoms with van der Waals surface area (Å²) in [7, 11) is 0. The molecule has 2 nitrogen and oxygen atoms in total. The molecule has 0 unspecified atom stereocenters. The van der Waals surface area contributed by atoms with Gasteiger partial charge in [-0.1, -0.05) is 81.8 Å². The minimum atomic E-state index is 0.0575. The van der Waals surface area contributed by atoms with Crippen LogP contribution in [0, 0.1) is 3.57 Å². The molecule has 2 rings (SSSR count). The van der Waals surface area contributed by atoms with E-state index in [2.05, 4.69) is 53.8 Å². The number of benzene rings is 2. The Balaban J connectivity index is 1.69. The summed E-state index contributed by atoms with van der Waals surface area (Å²) in [6.07, 6.45) is 9.78. The van der Waals surface area contributed by atoms with Crippen molar-refractivity contribution in [2.45, 2.75) is 71.1 Å². The van der Waals surface area contributed by atoms with Crippen LogP contribution >= 0.6 is 22.6 Å². The Morgan fingerprint density at radius 1 is 0.679 bits per heavy atom. The molecule has 28 heavy (non-hydrogen) atoms. The molecule has 150 valence electrons. The smallest absolute Gasteiger partial charge is 0.163 e. The van der Waals surface area contributed by atoms with Gasteiger partial charge >= 0.3 is 0 Å². The highest BCUT2D eigenvalue weighted by Crippen LogP contribution is 2.21. The Morgan fingerprint density at radius 3 is 1.82 bits per heavy atom. The molecule has 0 aliphatic rings. The van der Waals surface area contributed by atoms with Crippen molar-refractivity contribution in [2.75, 3.05) is 0 Å². The van der Waals surface area contributed by atoms with E-state index in [4.69, 9.17) is 0 Å². The van der Waals surface area contributed by atoms with Crippen molar-refractivity contribution >= 4 is 34.2 Å². The monoisotopic (exact) mass is 490 g/mol. The first-order chi connectivity index (χ1) is 13.6. The van der Waals surface area contributed by atoms with Gasteiger partial charge in [-0.3, -0.25) is 9.59 Å².